The minimum atomic E-state index is 0.950. The first-order valence-electron chi connectivity index (χ1n) is 8.41. The van der Waals surface area contributed by atoms with Crippen LogP contribution in [-0.4, -0.2) is 30.0 Å². The van der Waals surface area contributed by atoms with E-state index in [4.69, 9.17) is 4.98 Å². The van der Waals surface area contributed by atoms with Crippen molar-refractivity contribution < 1.29 is 0 Å². The highest BCUT2D eigenvalue weighted by Gasteiger charge is 2.21. The Bertz CT molecular complexity index is 691. The number of hydrogen-bond acceptors (Lipinski definition) is 3. The van der Waals surface area contributed by atoms with Crippen molar-refractivity contribution >= 4 is 10.9 Å². The topological polar surface area (TPSA) is 28.2 Å². The highest BCUT2D eigenvalue weighted by atomic mass is 15.1. The SMILES string of the molecule is CCCNCc1c2c(nc3c(C)cc(C)cc13)CCN(C)C2. The van der Waals surface area contributed by atoms with Crippen LogP contribution in [0.3, 0.4) is 0 Å². The van der Waals surface area contributed by atoms with Crippen molar-refractivity contribution in [1.82, 2.24) is 15.2 Å². The van der Waals surface area contributed by atoms with E-state index in [1.54, 1.807) is 0 Å². The molecule has 1 aromatic heterocycles. The van der Waals surface area contributed by atoms with E-state index in [0.29, 0.717) is 0 Å². The van der Waals surface area contributed by atoms with Crippen LogP contribution in [0.15, 0.2) is 12.1 Å². The second kappa shape index (κ2) is 6.35. The molecule has 0 aliphatic carbocycles. The first kappa shape index (κ1) is 15.4. The summed E-state index contributed by atoms with van der Waals surface area (Å²) in [5.74, 6) is 0. The molecule has 2 heterocycles. The van der Waals surface area contributed by atoms with Crippen LogP contribution in [-0.2, 0) is 19.5 Å². The molecule has 0 radical (unpaired) electrons. The summed E-state index contributed by atoms with van der Waals surface area (Å²) in [4.78, 5) is 7.43. The fourth-order valence-corrected chi connectivity index (χ4v) is 3.51. The number of pyridine rings is 1. The van der Waals surface area contributed by atoms with E-state index in [-0.39, 0.29) is 0 Å². The van der Waals surface area contributed by atoms with Gasteiger partial charge in [-0.25, -0.2) is 0 Å². The van der Waals surface area contributed by atoms with E-state index >= 15 is 0 Å². The predicted octanol–water partition coefficient (Wildman–Crippen LogP) is 3.34. The molecule has 0 amide bonds. The second-order valence-corrected chi connectivity index (χ2v) is 6.66. The molecule has 1 aliphatic heterocycles. The summed E-state index contributed by atoms with van der Waals surface area (Å²) in [6, 6.07) is 4.56. The maximum absolute atomic E-state index is 5.03. The first-order chi connectivity index (χ1) is 10.6. The Kier molecular flexibility index (Phi) is 4.46. The molecule has 2 aromatic rings. The van der Waals surface area contributed by atoms with Gasteiger partial charge in [-0.3, -0.25) is 4.98 Å². The van der Waals surface area contributed by atoms with Crippen LogP contribution >= 0.6 is 0 Å². The quantitative estimate of drug-likeness (QED) is 0.877. The van der Waals surface area contributed by atoms with Gasteiger partial charge in [0.2, 0.25) is 0 Å². The molecule has 3 heteroatoms. The van der Waals surface area contributed by atoms with Crippen molar-refractivity contribution in [2.45, 2.75) is 46.7 Å². The summed E-state index contributed by atoms with van der Waals surface area (Å²) in [5.41, 5.74) is 8.05. The molecule has 0 fully saturated rings. The van der Waals surface area contributed by atoms with Gasteiger partial charge in [0.25, 0.3) is 0 Å². The summed E-state index contributed by atoms with van der Waals surface area (Å²) in [7, 11) is 2.21. The lowest BCUT2D eigenvalue weighted by atomic mass is 9.93. The van der Waals surface area contributed by atoms with Crippen LogP contribution in [0.25, 0.3) is 10.9 Å². The molecule has 3 nitrogen and oxygen atoms in total. The zero-order valence-electron chi connectivity index (χ0n) is 14.3. The van der Waals surface area contributed by atoms with E-state index in [0.717, 1.165) is 32.6 Å². The predicted molar refractivity (Wildman–Crippen MR) is 93.3 cm³/mol. The summed E-state index contributed by atoms with van der Waals surface area (Å²) >= 11 is 0. The third-order valence-corrected chi connectivity index (χ3v) is 4.62. The molecule has 1 aromatic carbocycles. The molecule has 0 unspecified atom stereocenters. The Morgan fingerprint density at radius 1 is 1.27 bits per heavy atom. The molecule has 118 valence electrons. The molecule has 0 spiro atoms. The van der Waals surface area contributed by atoms with Crippen LogP contribution in [0.2, 0.25) is 0 Å². The van der Waals surface area contributed by atoms with Crippen molar-refractivity contribution in [3.63, 3.8) is 0 Å². The van der Waals surface area contributed by atoms with Gasteiger partial charge in [0.05, 0.1) is 5.52 Å². The lowest BCUT2D eigenvalue weighted by Crippen LogP contribution is -2.29. The van der Waals surface area contributed by atoms with Gasteiger partial charge in [0, 0.05) is 37.1 Å². The Hall–Kier alpha value is -1.45. The van der Waals surface area contributed by atoms with Crippen molar-refractivity contribution in [2.24, 2.45) is 0 Å². The smallest absolute Gasteiger partial charge is 0.0738 e. The van der Waals surface area contributed by atoms with Crippen molar-refractivity contribution in [3.05, 3.63) is 40.1 Å². The molecular weight excluding hydrogens is 270 g/mol. The maximum Gasteiger partial charge on any atom is 0.0738 e. The lowest BCUT2D eigenvalue weighted by Gasteiger charge is -2.28. The van der Waals surface area contributed by atoms with Crippen LogP contribution in [0.4, 0.5) is 0 Å². The normalized spacial score (nSPS) is 15.3. The van der Waals surface area contributed by atoms with Gasteiger partial charge in [-0.05, 0) is 56.6 Å². The van der Waals surface area contributed by atoms with Gasteiger partial charge < -0.3 is 10.2 Å². The number of nitrogens with zero attached hydrogens (tertiary/aromatic N) is 2. The van der Waals surface area contributed by atoms with Gasteiger partial charge in [0.1, 0.15) is 0 Å². The van der Waals surface area contributed by atoms with Crippen molar-refractivity contribution in [2.75, 3.05) is 20.1 Å². The van der Waals surface area contributed by atoms with Crippen molar-refractivity contribution in [1.29, 1.82) is 0 Å². The number of rotatable bonds is 4. The van der Waals surface area contributed by atoms with Crippen LogP contribution < -0.4 is 5.32 Å². The average molecular weight is 297 g/mol. The number of hydrogen-bond donors (Lipinski definition) is 1. The average Bonchev–Trinajstić information content (AvgIpc) is 2.48. The van der Waals surface area contributed by atoms with E-state index in [1.807, 2.05) is 0 Å². The van der Waals surface area contributed by atoms with Gasteiger partial charge in [-0.15, -0.1) is 0 Å². The van der Waals surface area contributed by atoms with Gasteiger partial charge in [-0.2, -0.15) is 0 Å². The van der Waals surface area contributed by atoms with Crippen LogP contribution in [0.5, 0.6) is 0 Å². The summed E-state index contributed by atoms with van der Waals surface area (Å²) < 4.78 is 0. The Morgan fingerprint density at radius 3 is 2.86 bits per heavy atom. The summed E-state index contributed by atoms with van der Waals surface area (Å²) in [6.07, 6.45) is 2.24. The molecule has 22 heavy (non-hydrogen) atoms. The maximum atomic E-state index is 5.03. The third kappa shape index (κ3) is 2.88. The molecule has 0 atom stereocenters. The van der Waals surface area contributed by atoms with Crippen molar-refractivity contribution in [3.8, 4) is 0 Å². The molecular formula is C19H27N3. The molecule has 3 rings (SSSR count). The highest BCUT2D eigenvalue weighted by Crippen LogP contribution is 2.30. The standard InChI is InChI=1S/C19H27N3/c1-5-7-20-11-16-15-10-13(2)9-14(3)19(15)21-18-6-8-22(4)12-17(16)18/h9-10,20H,5-8,11-12H2,1-4H3. The molecule has 0 bridgehead atoms. The number of benzene rings is 1. The third-order valence-electron chi connectivity index (χ3n) is 4.62. The Labute approximate surface area is 133 Å². The monoisotopic (exact) mass is 297 g/mol. The first-order valence-corrected chi connectivity index (χ1v) is 8.41. The lowest BCUT2D eigenvalue weighted by molar-refractivity contribution is 0.308. The fourth-order valence-electron chi connectivity index (χ4n) is 3.51. The molecule has 0 saturated carbocycles. The number of aromatic nitrogens is 1. The van der Waals surface area contributed by atoms with E-state index in [9.17, 15) is 0 Å². The molecule has 1 aliphatic rings. The minimum Gasteiger partial charge on any atom is -0.313 e. The van der Waals surface area contributed by atoms with E-state index in [1.165, 1.54) is 45.3 Å². The van der Waals surface area contributed by atoms with Crippen LogP contribution in [0.1, 0.15) is 41.3 Å². The zero-order chi connectivity index (χ0) is 15.7. The number of likely N-dealkylation sites (N-methyl/N-ethyl adjacent to an activating group) is 1. The van der Waals surface area contributed by atoms with Gasteiger partial charge >= 0.3 is 0 Å². The minimum absolute atomic E-state index is 0.950. The number of nitrogens with one attached hydrogen (secondary N) is 1. The van der Waals surface area contributed by atoms with E-state index in [2.05, 4.69) is 50.2 Å². The van der Waals surface area contributed by atoms with Gasteiger partial charge in [-0.1, -0.05) is 18.6 Å². The van der Waals surface area contributed by atoms with Crippen LogP contribution in [0, 0.1) is 13.8 Å². The number of fused-ring (bicyclic) bond motifs is 2. The zero-order valence-corrected chi connectivity index (χ0v) is 14.3. The summed E-state index contributed by atoms with van der Waals surface area (Å²) in [5, 5.41) is 4.94. The Balaban J connectivity index is 2.18. The number of aryl methyl sites for hydroxylation is 2. The largest absolute Gasteiger partial charge is 0.313 e. The second-order valence-electron chi connectivity index (χ2n) is 6.66. The molecule has 1 N–H and O–H groups in total. The summed E-state index contributed by atoms with van der Waals surface area (Å²) in [6.45, 7) is 10.7. The Morgan fingerprint density at radius 2 is 2.09 bits per heavy atom. The highest BCUT2D eigenvalue weighted by molar-refractivity contribution is 5.87. The van der Waals surface area contributed by atoms with Gasteiger partial charge in [0.15, 0.2) is 0 Å². The fraction of sp³-hybridized carbons (Fsp3) is 0.526. The molecule has 0 saturated heterocycles. The van der Waals surface area contributed by atoms with E-state index < -0.39 is 0 Å².